The summed E-state index contributed by atoms with van der Waals surface area (Å²) in [5, 5.41) is 8.63. The van der Waals surface area contributed by atoms with E-state index >= 15 is 0 Å². The van der Waals surface area contributed by atoms with Crippen molar-refractivity contribution >= 4 is 5.97 Å². The van der Waals surface area contributed by atoms with E-state index < -0.39 is 5.97 Å². The number of carbonyl (C=O) groups is 1. The van der Waals surface area contributed by atoms with Gasteiger partial charge in [0, 0.05) is 20.2 Å². The van der Waals surface area contributed by atoms with Gasteiger partial charge in [-0.05, 0) is 18.8 Å². The zero-order valence-electron chi connectivity index (χ0n) is 8.03. The summed E-state index contributed by atoms with van der Waals surface area (Å²) in [6.45, 7) is 2.38. The van der Waals surface area contributed by atoms with Crippen LogP contribution in [0.25, 0.3) is 0 Å². The van der Waals surface area contributed by atoms with Crippen LogP contribution in [0.5, 0.6) is 0 Å². The highest BCUT2D eigenvalue weighted by atomic mass is 16.5. The standard InChI is InChI=1S/C9H17NO3/c1-13-5-4-10(7-9(11)12)6-8-2-3-8/h8H,2-7H2,1H3,(H,11,12). The molecule has 76 valence electrons. The molecule has 1 saturated carbocycles. The quantitative estimate of drug-likeness (QED) is 0.628. The van der Waals surface area contributed by atoms with Gasteiger partial charge < -0.3 is 9.84 Å². The molecule has 4 nitrogen and oxygen atoms in total. The molecule has 1 rings (SSSR count). The minimum Gasteiger partial charge on any atom is -0.480 e. The van der Waals surface area contributed by atoms with Crippen LogP contribution in [0.4, 0.5) is 0 Å². The van der Waals surface area contributed by atoms with Crippen LogP contribution >= 0.6 is 0 Å². The number of aliphatic carboxylic acids is 1. The van der Waals surface area contributed by atoms with Crippen LogP contribution < -0.4 is 0 Å². The zero-order valence-corrected chi connectivity index (χ0v) is 8.03. The monoisotopic (exact) mass is 187 g/mol. The van der Waals surface area contributed by atoms with Crippen LogP contribution in [0.3, 0.4) is 0 Å². The predicted molar refractivity (Wildman–Crippen MR) is 48.7 cm³/mol. The maximum atomic E-state index is 10.5. The molecular formula is C9H17NO3. The molecule has 0 aromatic rings. The first-order chi connectivity index (χ1) is 6.22. The number of nitrogens with zero attached hydrogens (tertiary/aromatic N) is 1. The van der Waals surface area contributed by atoms with Crippen molar-refractivity contribution < 1.29 is 14.6 Å². The molecule has 0 aromatic heterocycles. The number of hydrogen-bond acceptors (Lipinski definition) is 3. The molecule has 13 heavy (non-hydrogen) atoms. The number of rotatable bonds is 7. The molecule has 0 radical (unpaired) electrons. The topological polar surface area (TPSA) is 49.8 Å². The molecule has 0 aromatic carbocycles. The molecule has 0 unspecified atom stereocenters. The molecule has 0 heterocycles. The summed E-state index contributed by atoms with van der Waals surface area (Å²) in [4.78, 5) is 12.4. The third-order valence-corrected chi connectivity index (χ3v) is 2.18. The fraction of sp³-hybridized carbons (Fsp3) is 0.889. The second-order valence-electron chi connectivity index (χ2n) is 3.57. The second kappa shape index (κ2) is 5.19. The second-order valence-corrected chi connectivity index (χ2v) is 3.57. The van der Waals surface area contributed by atoms with Crippen LogP contribution in [-0.4, -0.2) is 49.3 Å². The Labute approximate surface area is 78.5 Å². The number of methoxy groups -OCH3 is 1. The summed E-state index contributed by atoms with van der Waals surface area (Å²) in [5.74, 6) is -0.0204. The van der Waals surface area contributed by atoms with Gasteiger partial charge in [0.05, 0.1) is 13.2 Å². The Balaban J connectivity index is 2.19. The third-order valence-electron chi connectivity index (χ3n) is 2.18. The molecule has 1 aliphatic rings. The third kappa shape index (κ3) is 4.85. The first kappa shape index (κ1) is 10.5. The van der Waals surface area contributed by atoms with Gasteiger partial charge in [0.15, 0.2) is 0 Å². The highest BCUT2D eigenvalue weighted by molar-refractivity contribution is 5.69. The Kier molecular flexibility index (Phi) is 4.18. The predicted octanol–water partition coefficient (Wildman–Crippen LogP) is 0.429. The van der Waals surface area contributed by atoms with Crippen molar-refractivity contribution in [3.63, 3.8) is 0 Å². The van der Waals surface area contributed by atoms with Crippen molar-refractivity contribution in [1.29, 1.82) is 0 Å². The lowest BCUT2D eigenvalue weighted by atomic mass is 10.3. The van der Waals surface area contributed by atoms with E-state index in [9.17, 15) is 4.79 Å². The first-order valence-corrected chi connectivity index (χ1v) is 4.65. The first-order valence-electron chi connectivity index (χ1n) is 4.65. The van der Waals surface area contributed by atoms with Crippen LogP contribution in [0, 0.1) is 5.92 Å². The summed E-state index contributed by atoms with van der Waals surface area (Å²) in [6, 6.07) is 0. The SMILES string of the molecule is COCCN(CC(=O)O)CC1CC1. The molecule has 0 bridgehead atoms. The number of carboxylic acid groups (broad SMARTS) is 1. The average Bonchev–Trinajstić information content (AvgIpc) is 2.83. The van der Waals surface area contributed by atoms with E-state index in [0.29, 0.717) is 6.61 Å². The zero-order chi connectivity index (χ0) is 9.68. The fourth-order valence-electron chi connectivity index (χ4n) is 1.31. The molecule has 0 aliphatic heterocycles. The summed E-state index contributed by atoms with van der Waals surface area (Å²) < 4.78 is 4.92. The molecule has 0 saturated heterocycles. The van der Waals surface area contributed by atoms with Gasteiger partial charge in [0.2, 0.25) is 0 Å². The Hall–Kier alpha value is -0.610. The van der Waals surface area contributed by atoms with E-state index in [1.165, 1.54) is 12.8 Å². The molecule has 1 aliphatic carbocycles. The van der Waals surface area contributed by atoms with Gasteiger partial charge >= 0.3 is 5.97 Å². The molecule has 0 amide bonds. The van der Waals surface area contributed by atoms with E-state index in [4.69, 9.17) is 9.84 Å². The highest BCUT2D eigenvalue weighted by Gasteiger charge is 2.24. The number of hydrogen-bond donors (Lipinski definition) is 1. The van der Waals surface area contributed by atoms with E-state index in [-0.39, 0.29) is 6.54 Å². The number of carboxylic acids is 1. The lowest BCUT2D eigenvalue weighted by molar-refractivity contribution is -0.138. The van der Waals surface area contributed by atoms with Crippen molar-refractivity contribution in [2.45, 2.75) is 12.8 Å². The minimum atomic E-state index is -0.753. The maximum absolute atomic E-state index is 10.5. The molecular weight excluding hydrogens is 170 g/mol. The van der Waals surface area contributed by atoms with Crippen LogP contribution in [0.15, 0.2) is 0 Å². The molecule has 0 spiro atoms. The Morgan fingerprint density at radius 2 is 2.31 bits per heavy atom. The van der Waals surface area contributed by atoms with Gasteiger partial charge in [-0.25, -0.2) is 0 Å². The smallest absolute Gasteiger partial charge is 0.317 e. The van der Waals surface area contributed by atoms with Crippen molar-refractivity contribution in [1.82, 2.24) is 4.90 Å². The lowest BCUT2D eigenvalue weighted by Gasteiger charge is -2.19. The number of ether oxygens (including phenoxy) is 1. The summed E-state index contributed by atoms with van der Waals surface area (Å²) >= 11 is 0. The van der Waals surface area contributed by atoms with Gasteiger partial charge in [-0.15, -0.1) is 0 Å². The largest absolute Gasteiger partial charge is 0.480 e. The van der Waals surface area contributed by atoms with Crippen molar-refractivity contribution in [2.75, 3.05) is 33.4 Å². The molecule has 1 N–H and O–H groups in total. The molecule has 4 heteroatoms. The van der Waals surface area contributed by atoms with Crippen molar-refractivity contribution in [3.8, 4) is 0 Å². The molecule has 0 atom stereocenters. The van der Waals surface area contributed by atoms with Gasteiger partial charge in [0.1, 0.15) is 0 Å². The van der Waals surface area contributed by atoms with Crippen molar-refractivity contribution in [3.05, 3.63) is 0 Å². The van der Waals surface area contributed by atoms with Gasteiger partial charge in [0.25, 0.3) is 0 Å². The van der Waals surface area contributed by atoms with Crippen molar-refractivity contribution in [2.24, 2.45) is 5.92 Å². The minimum absolute atomic E-state index is 0.139. The van der Waals surface area contributed by atoms with Crippen LogP contribution in [0.2, 0.25) is 0 Å². The maximum Gasteiger partial charge on any atom is 0.317 e. The van der Waals surface area contributed by atoms with Gasteiger partial charge in [-0.3, -0.25) is 9.69 Å². The lowest BCUT2D eigenvalue weighted by Crippen LogP contribution is -2.34. The highest BCUT2D eigenvalue weighted by Crippen LogP contribution is 2.29. The normalized spacial score (nSPS) is 16.5. The summed E-state index contributed by atoms with van der Waals surface area (Å²) in [7, 11) is 1.63. The van der Waals surface area contributed by atoms with Gasteiger partial charge in [-0.2, -0.15) is 0 Å². The summed E-state index contributed by atoms with van der Waals surface area (Å²) in [5.41, 5.74) is 0. The van der Waals surface area contributed by atoms with E-state index in [1.54, 1.807) is 7.11 Å². The Morgan fingerprint density at radius 1 is 1.62 bits per heavy atom. The Morgan fingerprint density at radius 3 is 2.77 bits per heavy atom. The van der Waals surface area contributed by atoms with E-state index in [2.05, 4.69) is 0 Å². The molecule has 1 fully saturated rings. The fourth-order valence-corrected chi connectivity index (χ4v) is 1.31. The van der Waals surface area contributed by atoms with E-state index in [1.807, 2.05) is 4.90 Å². The van der Waals surface area contributed by atoms with E-state index in [0.717, 1.165) is 19.0 Å². The average molecular weight is 187 g/mol. The Bertz CT molecular complexity index is 168. The summed E-state index contributed by atoms with van der Waals surface area (Å²) in [6.07, 6.45) is 2.51. The van der Waals surface area contributed by atoms with Crippen LogP contribution in [-0.2, 0) is 9.53 Å². The van der Waals surface area contributed by atoms with Crippen LogP contribution in [0.1, 0.15) is 12.8 Å². The van der Waals surface area contributed by atoms with Gasteiger partial charge in [-0.1, -0.05) is 0 Å².